The van der Waals surface area contributed by atoms with Gasteiger partial charge in [-0.2, -0.15) is 0 Å². The number of para-hydroxylation sites is 1. The maximum Gasteiger partial charge on any atom is 0.146 e. The molecule has 0 aliphatic rings. The summed E-state index contributed by atoms with van der Waals surface area (Å²) in [5.41, 5.74) is 4.67. The standard InChI is InChI=1S/C28H30FN/c1-5-28(4,24-16-14-23(15-17-24)21(2)3)19-9-10-22-13-18-26(29)27(20-22)30-25-11-7-6-8-12-25/h1,6-8,11-18,20-21,30H,9-10,19H2,2-4H3. The Morgan fingerprint density at radius 3 is 2.33 bits per heavy atom. The number of terminal acetylenes is 1. The van der Waals surface area contributed by atoms with E-state index in [1.54, 1.807) is 0 Å². The van der Waals surface area contributed by atoms with Crippen LogP contribution in [0.25, 0.3) is 0 Å². The van der Waals surface area contributed by atoms with Crippen molar-refractivity contribution in [2.24, 2.45) is 0 Å². The highest BCUT2D eigenvalue weighted by molar-refractivity contribution is 5.60. The fourth-order valence-corrected chi connectivity index (χ4v) is 3.68. The van der Waals surface area contributed by atoms with Crippen molar-refractivity contribution >= 4 is 11.4 Å². The van der Waals surface area contributed by atoms with Crippen molar-refractivity contribution < 1.29 is 4.39 Å². The van der Waals surface area contributed by atoms with Crippen LogP contribution in [0.1, 0.15) is 56.2 Å². The molecule has 0 amide bonds. The minimum Gasteiger partial charge on any atom is -0.353 e. The predicted octanol–water partition coefficient (Wildman–Crippen LogP) is 7.61. The molecule has 0 saturated carbocycles. The van der Waals surface area contributed by atoms with Gasteiger partial charge in [0.1, 0.15) is 5.82 Å². The number of benzene rings is 3. The summed E-state index contributed by atoms with van der Waals surface area (Å²) in [7, 11) is 0. The van der Waals surface area contributed by atoms with Gasteiger partial charge in [-0.15, -0.1) is 6.42 Å². The van der Waals surface area contributed by atoms with E-state index < -0.39 is 0 Å². The second-order valence-electron chi connectivity index (χ2n) is 8.41. The average Bonchev–Trinajstić information content (AvgIpc) is 2.76. The van der Waals surface area contributed by atoms with Crippen LogP contribution in [0.2, 0.25) is 0 Å². The van der Waals surface area contributed by atoms with Gasteiger partial charge >= 0.3 is 0 Å². The van der Waals surface area contributed by atoms with Gasteiger partial charge in [0.2, 0.25) is 0 Å². The molecule has 3 aromatic rings. The minimum absolute atomic E-state index is 0.249. The Hall–Kier alpha value is -3.05. The zero-order valence-corrected chi connectivity index (χ0v) is 18.1. The summed E-state index contributed by atoms with van der Waals surface area (Å²) in [5, 5.41) is 3.16. The van der Waals surface area contributed by atoms with Crippen LogP contribution in [0.5, 0.6) is 0 Å². The van der Waals surface area contributed by atoms with Crippen LogP contribution in [-0.4, -0.2) is 0 Å². The lowest BCUT2D eigenvalue weighted by Crippen LogP contribution is -2.19. The van der Waals surface area contributed by atoms with E-state index in [9.17, 15) is 4.39 Å². The summed E-state index contributed by atoms with van der Waals surface area (Å²) < 4.78 is 14.2. The summed E-state index contributed by atoms with van der Waals surface area (Å²) in [6, 6.07) is 23.6. The van der Waals surface area contributed by atoms with E-state index in [2.05, 4.69) is 56.3 Å². The fourth-order valence-electron chi connectivity index (χ4n) is 3.68. The summed E-state index contributed by atoms with van der Waals surface area (Å²) in [5.74, 6) is 3.27. The Labute approximate surface area is 180 Å². The average molecular weight is 400 g/mol. The molecule has 2 heteroatoms. The topological polar surface area (TPSA) is 12.0 Å². The molecule has 154 valence electrons. The lowest BCUT2D eigenvalue weighted by atomic mass is 9.78. The van der Waals surface area contributed by atoms with Crippen LogP contribution >= 0.6 is 0 Å². The number of hydrogen-bond donors (Lipinski definition) is 1. The van der Waals surface area contributed by atoms with Crippen LogP contribution in [0.3, 0.4) is 0 Å². The third kappa shape index (κ3) is 5.30. The zero-order valence-electron chi connectivity index (χ0n) is 18.1. The van der Waals surface area contributed by atoms with E-state index in [-0.39, 0.29) is 11.2 Å². The molecule has 0 heterocycles. The van der Waals surface area contributed by atoms with Crippen molar-refractivity contribution in [2.75, 3.05) is 5.32 Å². The molecule has 0 radical (unpaired) electrons. The molecule has 30 heavy (non-hydrogen) atoms. The minimum atomic E-state index is -0.305. The van der Waals surface area contributed by atoms with Gasteiger partial charge in [-0.3, -0.25) is 0 Å². The molecular formula is C28H30FN. The van der Waals surface area contributed by atoms with Gasteiger partial charge in [0.05, 0.1) is 11.1 Å². The zero-order chi connectivity index (χ0) is 21.6. The second kappa shape index (κ2) is 9.63. The number of hydrogen-bond acceptors (Lipinski definition) is 1. The Morgan fingerprint density at radius 1 is 1.00 bits per heavy atom. The Morgan fingerprint density at radius 2 is 1.70 bits per heavy atom. The number of nitrogens with one attached hydrogen (secondary N) is 1. The molecule has 3 aromatic carbocycles. The SMILES string of the molecule is C#CC(C)(CCCc1ccc(F)c(Nc2ccccc2)c1)c1ccc(C(C)C)cc1. The molecule has 0 aliphatic heterocycles. The first kappa shape index (κ1) is 21.7. The van der Waals surface area contributed by atoms with Crippen LogP contribution in [0, 0.1) is 18.2 Å². The van der Waals surface area contributed by atoms with Crippen LogP contribution in [0.4, 0.5) is 15.8 Å². The number of aryl methyl sites for hydroxylation is 1. The van der Waals surface area contributed by atoms with Crippen molar-refractivity contribution in [3.63, 3.8) is 0 Å². The molecular weight excluding hydrogens is 369 g/mol. The highest BCUT2D eigenvalue weighted by Crippen LogP contribution is 2.31. The largest absolute Gasteiger partial charge is 0.353 e. The van der Waals surface area contributed by atoms with E-state index in [0.717, 1.165) is 30.5 Å². The third-order valence-corrected chi connectivity index (χ3v) is 5.76. The van der Waals surface area contributed by atoms with E-state index in [1.165, 1.54) is 17.2 Å². The first-order valence-electron chi connectivity index (χ1n) is 10.6. The van der Waals surface area contributed by atoms with Gasteiger partial charge in [0.25, 0.3) is 0 Å². The second-order valence-corrected chi connectivity index (χ2v) is 8.41. The van der Waals surface area contributed by atoms with Crippen molar-refractivity contribution in [2.45, 2.75) is 51.4 Å². The lowest BCUT2D eigenvalue weighted by molar-refractivity contribution is 0.532. The van der Waals surface area contributed by atoms with E-state index in [1.807, 2.05) is 42.5 Å². The van der Waals surface area contributed by atoms with E-state index in [4.69, 9.17) is 6.42 Å². The fraction of sp³-hybridized carbons (Fsp3) is 0.286. The van der Waals surface area contributed by atoms with E-state index in [0.29, 0.717) is 11.6 Å². The summed E-state index contributed by atoms with van der Waals surface area (Å²) in [6.07, 6.45) is 8.60. The Bertz CT molecular complexity index is 999. The van der Waals surface area contributed by atoms with Crippen LogP contribution < -0.4 is 5.32 Å². The quantitative estimate of drug-likeness (QED) is 0.384. The molecule has 0 bridgehead atoms. The summed E-state index contributed by atoms with van der Waals surface area (Å²) in [4.78, 5) is 0. The lowest BCUT2D eigenvalue weighted by Gasteiger charge is -2.25. The molecule has 0 aliphatic carbocycles. The van der Waals surface area contributed by atoms with Gasteiger partial charge in [-0.05, 0) is 73.1 Å². The highest BCUT2D eigenvalue weighted by Gasteiger charge is 2.23. The smallest absolute Gasteiger partial charge is 0.146 e. The summed E-state index contributed by atoms with van der Waals surface area (Å²) in [6.45, 7) is 6.52. The molecule has 3 rings (SSSR count). The number of anilines is 2. The Kier molecular flexibility index (Phi) is 6.95. The first-order chi connectivity index (χ1) is 14.4. The van der Waals surface area contributed by atoms with E-state index >= 15 is 0 Å². The molecule has 1 atom stereocenters. The molecule has 0 aromatic heterocycles. The van der Waals surface area contributed by atoms with Gasteiger partial charge in [0, 0.05) is 5.69 Å². The highest BCUT2D eigenvalue weighted by atomic mass is 19.1. The first-order valence-corrected chi connectivity index (χ1v) is 10.6. The summed E-state index contributed by atoms with van der Waals surface area (Å²) >= 11 is 0. The predicted molar refractivity (Wildman–Crippen MR) is 126 cm³/mol. The van der Waals surface area contributed by atoms with Crippen molar-refractivity contribution in [1.82, 2.24) is 0 Å². The number of rotatable bonds is 8. The maximum absolute atomic E-state index is 14.2. The third-order valence-electron chi connectivity index (χ3n) is 5.76. The molecule has 0 saturated heterocycles. The van der Waals surface area contributed by atoms with Gasteiger partial charge in [-0.1, -0.05) is 68.3 Å². The van der Waals surface area contributed by atoms with Gasteiger partial charge in [0.15, 0.2) is 0 Å². The van der Waals surface area contributed by atoms with Crippen molar-refractivity contribution in [3.05, 3.63) is 95.3 Å². The normalized spacial score (nSPS) is 12.9. The van der Waals surface area contributed by atoms with Crippen molar-refractivity contribution in [3.8, 4) is 12.3 Å². The van der Waals surface area contributed by atoms with Gasteiger partial charge < -0.3 is 5.32 Å². The van der Waals surface area contributed by atoms with Crippen LogP contribution in [-0.2, 0) is 11.8 Å². The Balaban J connectivity index is 1.66. The molecule has 0 spiro atoms. The molecule has 1 N–H and O–H groups in total. The molecule has 1 nitrogen and oxygen atoms in total. The number of halogens is 1. The van der Waals surface area contributed by atoms with Crippen molar-refractivity contribution in [1.29, 1.82) is 0 Å². The monoisotopic (exact) mass is 399 g/mol. The molecule has 1 unspecified atom stereocenters. The maximum atomic E-state index is 14.2. The van der Waals surface area contributed by atoms with Gasteiger partial charge in [-0.25, -0.2) is 4.39 Å². The molecule has 0 fully saturated rings. The van der Waals surface area contributed by atoms with Crippen LogP contribution in [0.15, 0.2) is 72.8 Å².